The second kappa shape index (κ2) is 11.6. The predicted octanol–water partition coefficient (Wildman–Crippen LogP) is 6.27. The summed E-state index contributed by atoms with van der Waals surface area (Å²) in [6.07, 6.45) is 2.13. The maximum absolute atomic E-state index is 12.0. The van der Waals surface area contributed by atoms with Gasteiger partial charge in [0.15, 0.2) is 5.11 Å². The minimum Gasteiger partial charge on any atom is -0.494 e. The average molecular weight is 543 g/mol. The van der Waals surface area contributed by atoms with Gasteiger partial charge in [0.2, 0.25) is 5.91 Å². The fourth-order valence-corrected chi connectivity index (χ4v) is 4.99. The highest BCUT2D eigenvalue weighted by Gasteiger charge is 2.42. The Bertz CT molecular complexity index is 1460. The minimum absolute atomic E-state index is 0.0927. The lowest BCUT2D eigenvalue weighted by atomic mass is 10.0. The van der Waals surface area contributed by atoms with Crippen LogP contribution in [0.3, 0.4) is 0 Å². The first-order valence-electron chi connectivity index (χ1n) is 12.8. The topological polar surface area (TPSA) is 88.9 Å². The normalized spacial score (nSPS) is 16.6. The van der Waals surface area contributed by atoms with Gasteiger partial charge in [-0.05, 0) is 79.8 Å². The molecule has 4 aromatic rings. The number of pyridine rings is 1. The second-order valence-corrected chi connectivity index (χ2v) is 9.33. The summed E-state index contributed by atoms with van der Waals surface area (Å²) in [5.41, 5.74) is 3.17. The van der Waals surface area contributed by atoms with Crippen molar-refractivity contribution in [2.75, 3.05) is 23.9 Å². The Morgan fingerprint density at radius 3 is 2.62 bits per heavy atom. The van der Waals surface area contributed by atoms with Crippen LogP contribution in [0.2, 0.25) is 0 Å². The van der Waals surface area contributed by atoms with Gasteiger partial charge in [-0.2, -0.15) is 0 Å². The smallest absolute Gasteiger partial charge is 0.224 e. The number of carbonyl (C=O) groups excluding carboxylic acids is 1. The van der Waals surface area contributed by atoms with Gasteiger partial charge in [0, 0.05) is 29.9 Å². The molecule has 2 aromatic heterocycles. The molecule has 1 amide bonds. The Hall–Kier alpha value is -4.37. The molecular formula is C30H30N4O4S. The third-order valence-electron chi connectivity index (χ3n) is 6.52. The monoisotopic (exact) mass is 542 g/mol. The molecule has 9 heteroatoms. The van der Waals surface area contributed by atoms with Crippen LogP contribution >= 0.6 is 12.2 Å². The number of nitrogens with zero attached hydrogens (tertiary/aromatic N) is 2. The summed E-state index contributed by atoms with van der Waals surface area (Å²) in [4.78, 5) is 18.6. The summed E-state index contributed by atoms with van der Waals surface area (Å²) in [6, 6.07) is 22.6. The summed E-state index contributed by atoms with van der Waals surface area (Å²) in [6.45, 7) is 4.37. The van der Waals surface area contributed by atoms with E-state index in [9.17, 15) is 4.79 Å². The Kier molecular flexibility index (Phi) is 7.79. The highest BCUT2D eigenvalue weighted by Crippen LogP contribution is 2.44. The molecule has 0 radical (unpaired) electrons. The predicted molar refractivity (Wildman–Crippen MR) is 155 cm³/mol. The summed E-state index contributed by atoms with van der Waals surface area (Å²) in [5.74, 6) is 2.72. The molecule has 1 aliphatic heterocycles. The van der Waals surface area contributed by atoms with E-state index in [1.165, 1.54) is 0 Å². The zero-order valence-corrected chi connectivity index (χ0v) is 22.8. The second-order valence-electron chi connectivity index (χ2n) is 8.94. The third-order valence-corrected chi connectivity index (χ3v) is 6.84. The van der Waals surface area contributed by atoms with Crippen molar-refractivity contribution in [3.05, 3.63) is 90.4 Å². The number of anilines is 2. The van der Waals surface area contributed by atoms with E-state index in [4.69, 9.17) is 26.1 Å². The molecule has 5 rings (SSSR count). The van der Waals surface area contributed by atoms with Crippen LogP contribution in [0.4, 0.5) is 11.4 Å². The minimum atomic E-state index is -0.329. The summed E-state index contributed by atoms with van der Waals surface area (Å²) < 4.78 is 17.6. The van der Waals surface area contributed by atoms with Crippen molar-refractivity contribution in [1.82, 2.24) is 10.3 Å². The molecule has 1 aliphatic rings. The van der Waals surface area contributed by atoms with E-state index in [1.807, 2.05) is 84.6 Å². The van der Waals surface area contributed by atoms with Crippen LogP contribution in [0.15, 0.2) is 83.4 Å². The third kappa shape index (κ3) is 5.44. The van der Waals surface area contributed by atoms with E-state index >= 15 is 0 Å². The van der Waals surface area contributed by atoms with Crippen molar-refractivity contribution in [2.45, 2.75) is 32.4 Å². The number of thiocarbonyl (C=S) groups is 1. The summed E-state index contributed by atoms with van der Waals surface area (Å²) >= 11 is 5.84. The molecule has 3 heterocycles. The Labute approximate surface area is 233 Å². The van der Waals surface area contributed by atoms with Gasteiger partial charge in [-0.3, -0.25) is 9.78 Å². The molecule has 0 aliphatic carbocycles. The number of furan rings is 1. The van der Waals surface area contributed by atoms with E-state index in [-0.39, 0.29) is 18.0 Å². The first-order chi connectivity index (χ1) is 19.0. The fraction of sp³-hybridized carbons (Fsp3) is 0.233. The van der Waals surface area contributed by atoms with Gasteiger partial charge in [0.25, 0.3) is 0 Å². The van der Waals surface area contributed by atoms with Crippen LogP contribution in [0.5, 0.6) is 11.5 Å². The number of ether oxygens (including phenoxy) is 2. The zero-order chi connectivity index (χ0) is 27.4. The Balaban J connectivity index is 1.54. The highest BCUT2D eigenvalue weighted by atomic mass is 32.1. The van der Waals surface area contributed by atoms with Gasteiger partial charge in [-0.25, -0.2) is 0 Å². The van der Waals surface area contributed by atoms with Crippen LogP contribution < -0.4 is 25.0 Å². The van der Waals surface area contributed by atoms with Crippen molar-refractivity contribution in [1.29, 1.82) is 0 Å². The number of nitrogens with one attached hydrogen (secondary N) is 2. The number of carbonyl (C=O) groups is 1. The largest absolute Gasteiger partial charge is 0.494 e. The van der Waals surface area contributed by atoms with Crippen molar-refractivity contribution in [3.63, 3.8) is 0 Å². The SMILES string of the molecule is CCOc1ccc(-c2ccc([C@@H]3[C@@H](c4ccccn4)NC(=S)N3c3ccc(NC(=O)CC)c(OC)c3)o2)cc1. The first-order valence-corrected chi connectivity index (χ1v) is 13.2. The van der Waals surface area contributed by atoms with Crippen molar-refractivity contribution >= 4 is 34.6 Å². The number of amides is 1. The molecule has 2 atom stereocenters. The van der Waals surface area contributed by atoms with E-state index in [0.717, 1.165) is 34.2 Å². The van der Waals surface area contributed by atoms with Gasteiger partial charge in [-0.1, -0.05) is 13.0 Å². The lowest BCUT2D eigenvalue weighted by Crippen LogP contribution is -2.29. The first kappa shape index (κ1) is 26.2. The molecule has 0 unspecified atom stereocenters. The van der Waals surface area contributed by atoms with Crippen LogP contribution in [0.25, 0.3) is 11.3 Å². The molecule has 0 bridgehead atoms. The van der Waals surface area contributed by atoms with Gasteiger partial charge in [0.1, 0.15) is 29.1 Å². The molecule has 0 saturated carbocycles. The van der Waals surface area contributed by atoms with Crippen molar-refractivity contribution in [3.8, 4) is 22.8 Å². The quantitative estimate of drug-likeness (QED) is 0.239. The Morgan fingerprint density at radius 2 is 1.92 bits per heavy atom. The van der Waals surface area contributed by atoms with E-state index in [2.05, 4.69) is 15.6 Å². The zero-order valence-electron chi connectivity index (χ0n) is 22.0. The van der Waals surface area contributed by atoms with Crippen molar-refractivity contribution in [2.24, 2.45) is 0 Å². The van der Waals surface area contributed by atoms with E-state index < -0.39 is 0 Å². The molecule has 1 fully saturated rings. The van der Waals surface area contributed by atoms with Gasteiger partial charge in [0.05, 0.1) is 31.1 Å². The molecule has 1 saturated heterocycles. The molecule has 0 spiro atoms. The lowest BCUT2D eigenvalue weighted by molar-refractivity contribution is -0.115. The van der Waals surface area contributed by atoms with Gasteiger partial charge >= 0.3 is 0 Å². The maximum Gasteiger partial charge on any atom is 0.224 e. The van der Waals surface area contributed by atoms with Crippen LogP contribution in [0, 0.1) is 0 Å². The number of hydrogen-bond acceptors (Lipinski definition) is 6. The molecule has 2 N–H and O–H groups in total. The average Bonchev–Trinajstić information content (AvgIpc) is 3.59. The summed E-state index contributed by atoms with van der Waals surface area (Å²) in [5, 5.41) is 6.85. The highest BCUT2D eigenvalue weighted by molar-refractivity contribution is 7.80. The van der Waals surface area contributed by atoms with E-state index in [0.29, 0.717) is 29.6 Å². The fourth-order valence-electron chi connectivity index (χ4n) is 4.64. The molecule has 39 heavy (non-hydrogen) atoms. The number of rotatable bonds is 9. The molecular weight excluding hydrogens is 512 g/mol. The molecule has 2 aromatic carbocycles. The van der Waals surface area contributed by atoms with Crippen LogP contribution in [-0.2, 0) is 4.79 Å². The number of hydrogen-bond donors (Lipinski definition) is 2. The number of methoxy groups -OCH3 is 1. The van der Waals surface area contributed by atoms with Gasteiger partial charge < -0.3 is 29.4 Å². The lowest BCUT2D eigenvalue weighted by Gasteiger charge is -2.27. The van der Waals surface area contributed by atoms with Gasteiger partial charge in [-0.15, -0.1) is 0 Å². The maximum atomic E-state index is 12.0. The molecule has 8 nitrogen and oxygen atoms in total. The standard InChI is InChI=1S/C30H30N4O4S/c1-4-27(35)32-22-14-11-20(18-26(22)36-3)34-29(28(33-30(34)39)23-8-6-7-17-31-23)25-16-15-24(38-25)19-9-12-21(13-10-19)37-5-2/h6-18,28-29H,4-5H2,1-3H3,(H,32,35)(H,33,39)/t28-,29-/m1/s1. The Morgan fingerprint density at radius 1 is 1.10 bits per heavy atom. The number of aromatic nitrogens is 1. The summed E-state index contributed by atoms with van der Waals surface area (Å²) in [7, 11) is 1.57. The van der Waals surface area contributed by atoms with Crippen LogP contribution in [-0.4, -0.2) is 29.7 Å². The van der Waals surface area contributed by atoms with Crippen molar-refractivity contribution < 1.29 is 18.7 Å². The van der Waals surface area contributed by atoms with Crippen LogP contribution in [0.1, 0.15) is 43.8 Å². The molecule has 200 valence electrons. The van der Waals surface area contributed by atoms with E-state index in [1.54, 1.807) is 20.2 Å². The number of benzene rings is 2.